The maximum Gasteiger partial charge on any atom is 0.264 e. The molecule has 0 aromatic heterocycles. The van der Waals surface area contributed by atoms with Crippen LogP contribution in [0.1, 0.15) is 37.5 Å². The van der Waals surface area contributed by atoms with Crippen LogP contribution in [-0.4, -0.2) is 50.9 Å². The van der Waals surface area contributed by atoms with E-state index in [2.05, 4.69) is 5.32 Å². The normalized spacial score (nSPS) is 11.9. The highest BCUT2D eigenvalue weighted by Gasteiger charge is 2.32. The van der Waals surface area contributed by atoms with E-state index in [9.17, 15) is 18.0 Å². The fourth-order valence-corrected chi connectivity index (χ4v) is 5.57. The maximum atomic E-state index is 13.9. The minimum atomic E-state index is -4.13. The summed E-state index contributed by atoms with van der Waals surface area (Å²) in [4.78, 5) is 28.1. The van der Waals surface area contributed by atoms with Gasteiger partial charge < -0.3 is 15.0 Å². The first kappa shape index (κ1) is 29.7. The number of likely N-dealkylation sites (N-methyl/N-ethyl adjacent to an activating group) is 1. The Balaban J connectivity index is 2.01. The van der Waals surface area contributed by atoms with Crippen molar-refractivity contribution in [2.24, 2.45) is 0 Å². The summed E-state index contributed by atoms with van der Waals surface area (Å²) in [6.45, 7) is 9.70. The first-order valence-corrected chi connectivity index (χ1v) is 14.5. The molecule has 0 aliphatic carbocycles. The SMILES string of the molecule is CCNC(=O)C(C)N(Cc1cccc(C)c1)C(=O)CN(c1ccc(C)cc1)S(=O)(=O)c1ccc(OCC)cc1. The van der Waals surface area contributed by atoms with Gasteiger partial charge in [0, 0.05) is 13.1 Å². The fraction of sp³-hybridized carbons (Fsp3) is 0.333. The Bertz CT molecular complexity index is 1370. The lowest BCUT2D eigenvalue weighted by atomic mass is 10.1. The molecule has 0 heterocycles. The highest BCUT2D eigenvalue weighted by molar-refractivity contribution is 7.92. The van der Waals surface area contributed by atoms with Gasteiger partial charge in [0.15, 0.2) is 0 Å². The average Bonchev–Trinajstić information content (AvgIpc) is 2.91. The number of carbonyl (C=O) groups excluding carboxylic acids is 2. The zero-order valence-electron chi connectivity index (χ0n) is 23.2. The first-order valence-electron chi connectivity index (χ1n) is 13.0. The number of amides is 2. The van der Waals surface area contributed by atoms with E-state index in [1.54, 1.807) is 50.2 Å². The molecule has 3 aromatic carbocycles. The third-order valence-electron chi connectivity index (χ3n) is 6.28. The molecule has 1 atom stereocenters. The Morgan fingerprint density at radius 3 is 2.18 bits per heavy atom. The molecule has 0 fully saturated rings. The topological polar surface area (TPSA) is 96.0 Å². The predicted molar refractivity (Wildman–Crippen MR) is 153 cm³/mol. The van der Waals surface area contributed by atoms with Crippen LogP contribution in [0, 0.1) is 13.8 Å². The molecular formula is C30H37N3O5S. The molecule has 39 heavy (non-hydrogen) atoms. The standard InChI is InChI=1S/C30H37N3O5S/c1-6-31-30(35)24(5)32(20-25-10-8-9-23(4)19-25)29(34)21-33(26-13-11-22(3)12-14-26)39(36,37)28-17-15-27(16-18-28)38-7-2/h8-19,24H,6-7,20-21H2,1-5H3,(H,31,35). The lowest BCUT2D eigenvalue weighted by Crippen LogP contribution is -2.51. The summed E-state index contributed by atoms with van der Waals surface area (Å²) < 4.78 is 34.3. The Kier molecular flexibility index (Phi) is 10.1. The average molecular weight is 552 g/mol. The third-order valence-corrected chi connectivity index (χ3v) is 8.07. The van der Waals surface area contributed by atoms with Crippen LogP contribution in [-0.2, 0) is 26.2 Å². The maximum absolute atomic E-state index is 13.9. The van der Waals surface area contributed by atoms with Gasteiger partial charge in [-0.2, -0.15) is 0 Å². The number of hydrogen-bond donors (Lipinski definition) is 1. The van der Waals surface area contributed by atoms with Gasteiger partial charge in [0.2, 0.25) is 11.8 Å². The van der Waals surface area contributed by atoms with Gasteiger partial charge in [-0.1, -0.05) is 47.5 Å². The van der Waals surface area contributed by atoms with Crippen molar-refractivity contribution in [2.75, 3.05) is 24.0 Å². The van der Waals surface area contributed by atoms with Gasteiger partial charge in [0.1, 0.15) is 18.3 Å². The molecule has 2 amide bonds. The minimum Gasteiger partial charge on any atom is -0.494 e. The molecule has 0 aliphatic heterocycles. The van der Waals surface area contributed by atoms with E-state index in [-0.39, 0.29) is 17.3 Å². The monoisotopic (exact) mass is 551 g/mol. The van der Waals surface area contributed by atoms with Gasteiger partial charge in [-0.15, -0.1) is 0 Å². The molecule has 0 spiro atoms. The summed E-state index contributed by atoms with van der Waals surface area (Å²) in [5.41, 5.74) is 3.17. The Morgan fingerprint density at radius 2 is 1.59 bits per heavy atom. The fourth-order valence-electron chi connectivity index (χ4n) is 4.15. The van der Waals surface area contributed by atoms with Crippen molar-refractivity contribution in [1.82, 2.24) is 10.2 Å². The van der Waals surface area contributed by atoms with Crippen LogP contribution >= 0.6 is 0 Å². The Morgan fingerprint density at radius 1 is 0.923 bits per heavy atom. The third kappa shape index (κ3) is 7.60. The van der Waals surface area contributed by atoms with Crippen LogP contribution in [0.15, 0.2) is 77.7 Å². The van der Waals surface area contributed by atoms with Gasteiger partial charge in [-0.05, 0) is 76.6 Å². The molecule has 8 nitrogen and oxygen atoms in total. The van der Waals surface area contributed by atoms with Gasteiger partial charge >= 0.3 is 0 Å². The van der Waals surface area contributed by atoms with E-state index in [1.807, 2.05) is 45.0 Å². The first-order chi connectivity index (χ1) is 18.6. The lowest BCUT2D eigenvalue weighted by Gasteiger charge is -2.32. The summed E-state index contributed by atoms with van der Waals surface area (Å²) in [6, 6.07) is 19.9. The van der Waals surface area contributed by atoms with Crippen molar-refractivity contribution in [2.45, 2.75) is 52.1 Å². The number of sulfonamides is 1. The highest BCUT2D eigenvalue weighted by atomic mass is 32.2. The van der Waals surface area contributed by atoms with Crippen LogP contribution in [0.5, 0.6) is 5.75 Å². The Labute approximate surface area is 231 Å². The summed E-state index contributed by atoms with van der Waals surface area (Å²) >= 11 is 0. The van der Waals surface area contributed by atoms with E-state index in [0.717, 1.165) is 21.0 Å². The van der Waals surface area contributed by atoms with Crippen LogP contribution < -0.4 is 14.4 Å². The van der Waals surface area contributed by atoms with Gasteiger partial charge in [0.25, 0.3) is 10.0 Å². The second-order valence-corrected chi connectivity index (χ2v) is 11.2. The second-order valence-electron chi connectivity index (χ2n) is 9.33. The smallest absolute Gasteiger partial charge is 0.264 e. The van der Waals surface area contributed by atoms with E-state index in [4.69, 9.17) is 4.74 Å². The predicted octanol–water partition coefficient (Wildman–Crippen LogP) is 4.45. The molecule has 1 unspecified atom stereocenters. The van der Waals surface area contributed by atoms with Crippen LogP contribution in [0.4, 0.5) is 5.69 Å². The van der Waals surface area contributed by atoms with Gasteiger partial charge in [-0.25, -0.2) is 8.42 Å². The van der Waals surface area contributed by atoms with Crippen LogP contribution in [0.3, 0.4) is 0 Å². The van der Waals surface area contributed by atoms with Crippen molar-refractivity contribution in [3.05, 3.63) is 89.5 Å². The number of anilines is 1. The zero-order valence-corrected chi connectivity index (χ0v) is 24.0. The highest BCUT2D eigenvalue weighted by Crippen LogP contribution is 2.26. The molecule has 208 valence electrons. The molecule has 0 aliphatic rings. The molecule has 3 rings (SSSR count). The molecule has 0 bridgehead atoms. The van der Waals surface area contributed by atoms with Crippen molar-refractivity contribution in [3.8, 4) is 5.75 Å². The zero-order chi connectivity index (χ0) is 28.6. The number of aryl methyl sites for hydroxylation is 2. The number of carbonyl (C=O) groups is 2. The van der Waals surface area contributed by atoms with E-state index < -0.39 is 28.5 Å². The van der Waals surface area contributed by atoms with Crippen molar-refractivity contribution < 1.29 is 22.7 Å². The van der Waals surface area contributed by atoms with Gasteiger partial charge in [0.05, 0.1) is 17.2 Å². The molecule has 9 heteroatoms. The molecule has 0 saturated heterocycles. The minimum absolute atomic E-state index is 0.0290. The number of rotatable bonds is 12. The molecule has 0 saturated carbocycles. The van der Waals surface area contributed by atoms with Crippen molar-refractivity contribution >= 4 is 27.5 Å². The van der Waals surface area contributed by atoms with E-state index >= 15 is 0 Å². The number of benzene rings is 3. The quantitative estimate of drug-likeness (QED) is 0.359. The number of nitrogens with zero attached hydrogens (tertiary/aromatic N) is 2. The van der Waals surface area contributed by atoms with Gasteiger partial charge in [-0.3, -0.25) is 13.9 Å². The largest absolute Gasteiger partial charge is 0.494 e. The summed E-state index contributed by atoms with van der Waals surface area (Å²) in [7, 11) is -4.13. The molecule has 3 aromatic rings. The van der Waals surface area contributed by atoms with E-state index in [0.29, 0.717) is 24.6 Å². The molecular weight excluding hydrogens is 514 g/mol. The summed E-state index contributed by atoms with van der Waals surface area (Å²) in [5.74, 6) is -0.255. The summed E-state index contributed by atoms with van der Waals surface area (Å²) in [5, 5.41) is 2.76. The van der Waals surface area contributed by atoms with E-state index in [1.165, 1.54) is 17.0 Å². The number of ether oxygens (including phenoxy) is 1. The van der Waals surface area contributed by atoms with Crippen LogP contribution in [0.25, 0.3) is 0 Å². The van der Waals surface area contributed by atoms with Crippen molar-refractivity contribution in [3.63, 3.8) is 0 Å². The second kappa shape index (κ2) is 13.3. The number of nitrogens with one attached hydrogen (secondary N) is 1. The van der Waals surface area contributed by atoms with Crippen LogP contribution in [0.2, 0.25) is 0 Å². The van der Waals surface area contributed by atoms with Crippen molar-refractivity contribution in [1.29, 1.82) is 0 Å². The molecule has 0 radical (unpaired) electrons. The Hall–Kier alpha value is -3.85. The number of hydrogen-bond acceptors (Lipinski definition) is 5. The summed E-state index contributed by atoms with van der Waals surface area (Å²) in [6.07, 6.45) is 0. The molecule has 1 N–H and O–H groups in total. The lowest BCUT2D eigenvalue weighted by molar-refractivity contribution is -0.139.